The van der Waals surface area contributed by atoms with Gasteiger partial charge in [0.05, 0.1) is 5.56 Å². The quantitative estimate of drug-likeness (QED) is 0.645. The third kappa shape index (κ3) is 3.85. The first kappa shape index (κ1) is 13.0. The van der Waals surface area contributed by atoms with E-state index in [1.807, 2.05) is 6.07 Å². The minimum Gasteiger partial charge on any atom is -0.398 e. The number of hydrogen-bond acceptors (Lipinski definition) is 2. The lowest BCUT2D eigenvalue weighted by molar-refractivity contribution is 0.0954. The summed E-state index contributed by atoms with van der Waals surface area (Å²) in [6, 6.07) is 5.29. The molecule has 1 amide bonds. The van der Waals surface area contributed by atoms with Crippen LogP contribution in [-0.4, -0.2) is 12.5 Å². The van der Waals surface area contributed by atoms with E-state index < -0.39 is 0 Å². The number of unbranched alkanes of at least 4 members (excludes halogenated alkanes) is 2. The van der Waals surface area contributed by atoms with Crippen LogP contribution in [0.15, 0.2) is 22.7 Å². The SMILES string of the molecule is CCCCCNC(=O)c1cc(Br)ccc1N. The first-order valence-electron chi connectivity index (χ1n) is 5.48. The molecule has 1 aromatic carbocycles. The second-order valence-electron chi connectivity index (χ2n) is 3.69. The Balaban J connectivity index is 2.55. The molecular weight excluding hydrogens is 268 g/mol. The van der Waals surface area contributed by atoms with Crippen LogP contribution in [0.25, 0.3) is 0 Å². The van der Waals surface area contributed by atoms with Gasteiger partial charge in [-0.05, 0) is 24.6 Å². The highest BCUT2D eigenvalue weighted by molar-refractivity contribution is 9.10. The van der Waals surface area contributed by atoms with Gasteiger partial charge >= 0.3 is 0 Å². The van der Waals surface area contributed by atoms with Crippen LogP contribution in [-0.2, 0) is 0 Å². The van der Waals surface area contributed by atoms with Crippen LogP contribution in [0.4, 0.5) is 5.69 Å². The Kier molecular flexibility index (Phi) is 5.32. The van der Waals surface area contributed by atoms with E-state index in [1.165, 1.54) is 0 Å². The van der Waals surface area contributed by atoms with E-state index in [1.54, 1.807) is 12.1 Å². The molecule has 0 heterocycles. The van der Waals surface area contributed by atoms with E-state index >= 15 is 0 Å². The number of nitrogens with one attached hydrogen (secondary N) is 1. The third-order valence-electron chi connectivity index (χ3n) is 2.33. The number of carbonyl (C=O) groups is 1. The largest absolute Gasteiger partial charge is 0.398 e. The summed E-state index contributed by atoms with van der Waals surface area (Å²) in [4.78, 5) is 11.8. The lowest BCUT2D eigenvalue weighted by Crippen LogP contribution is -2.25. The Hall–Kier alpha value is -1.03. The Morgan fingerprint density at radius 2 is 2.19 bits per heavy atom. The van der Waals surface area contributed by atoms with Crippen molar-refractivity contribution in [2.45, 2.75) is 26.2 Å². The molecule has 3 N–H and O–H groups in total. The minimum atomic E-state index is -0.102. The first-order chi connectivity index (χ1) is 7.65. The zero-order valence-electron chi connectivity index (χ0n) is 9.42. The maximum Gasteiger partial charge on any atom is 0.253 e. The summed E-state index contributed by atoms with van der Waals surface area (Å²) in [5.41, 5.74) is 6.78. The molecule has 0 bridgehead atoms. The zero-order valence-corrected chi connectivity index (χ0v) is 11.0. The maximum absolute atomic E-state index is 11.8. The monoisotopic (exact) mass is 284 g/mol. The average Bonchev–Trinajstić information content (AvgIpc) is 2.27. The Labute approximate surface area is 105 Å². The van der Waals surface area contributed by atoms with Gasteiger partial charge in [0.1, 0.15) is 0 Å². The third-order valence-corrected chi connectivity index (χ3v) is 2.82. The summed E-state index contributed by atoms with van der Waals surface area (Å²) in [6.45, 7) is 2.84. The van der Waals surface area contributed by atoms with Crippen molar-refractivity contribution >= 4 is 27.5 Å². The van der Waals surface area contributed by atoms with Crippen molar-refractivity contribution in [3.8, 4) is 0 Å². The van der Waals surface area contributed by atoms with Crippen molar-refractivity contribution in [3.63, 3.8) is 0 Å². The molecule has 0 atom stereocenters. The summed E-state index contributed by atoms with van der Waals surface area (Å²) in [7, 11) is 0. The molecule has 16 heavy (non-hydrogen) atoms. The molecule has 0 aliphatic carbocycles. The molecule has 88 valence electrons. The number of benzene rings is 1. The highest BCUT2D eigenvalue weighted by atomic mass is 79.9. The van der Waals surface area contributed by atoms with Crippen LogP contribution in [0.1, 0.15) is 36.5 Å². The van der Waals surface area contributed by atoms with Crippen LogP contribution in [0.2, 0.25) is 0 Å². The van der Waals surface area contributed by atoms with E-state index in [2.05, 4.69) is 28.2 Å². The molecule has 0 unspecified atom stereocenters. The highest BCUT2D eigenvalue weighted by Gasteiger charge is 2.08. The van der Waals surface area contributed by atoms with Crippen LogP contribution in [0.5, 0.6) is 0 Å². The van der Waals surface area contributed by atoms with Crippen molar-refractivity contribution in [3.05, 3.63) is 28.2 Å². The minimum absolute atomic E-state index is 0.102. The number of anilines is 1. The highest BCUT2D eigenvalue weighted by Crippen LogP contribution is 2.18. The van der Waals surface area contributed by atoms with Crippen molar-refractivity contribution in [1.82, 2.24) is 5.32 Å². The predicted octanol–water partition coefficient (Wildman–Crippen LogP) is 2.95. The molecule has 0 aromatic heterocycles. The second-order valence-corrected chi connectivity index (χ2v) is 4.61. The average molecular weight is 285 g/mol. The number of halogens is 1. The molecule has 0 spiro atoms. The summed E-state index contributed by atoms with van der Waals surface area (Å²) >= 11 is 3.32. The van der Waals surface area contributed by atoms with Crippen molar-refractivity contribution in [1.29, 1.82) is 0 Å². The van der Waals surface area contributed by atoms with Crippen LogP contribution in [0.3, 0.4) is 0 Å². The van der Waals surface area contributed by atoms with Crippen LogP contribution >= 0.6 is 15.9 Å². The second kappa shape index (κ2) is 6.53. The number of carbonyl (C=O) groups excluding carboxylic acids is 1. The Morgan fingerprint density at radius 3 is 2.88 bits per heavy atom. The summed E-state index contributed by atoms with van der Waals surface area (Å²) < 4.78 is 0.861. The zero-order chi connectivity index (χ0) is 12.0. The molecule has 0 aliphatic heterocycles. The topological polar surface area (TPSA) is 55.1 Å². The Morgan fingerprint density at radius 1 is 1.44 bits per heavy atom. The van der Waals surface area contributed by atoms with Crippen molar-refractivity contribution in [2.75, 3.05) is 12.3 Å². The molecule has 0 radical (unpaired) electrons. The molecule has 1 aromatic rings. The first-order valence-corrected chi connectivity index (χ1v) is 6.27. The fourth-order valence-electron chi connectivity index (χ4n) is 1.40. The number of nitrogens with two attached hydrogens (primary N) is 1. The van der Waals surface area contributed by atoms with Gasteiger partial charge in [-0.25, -0.2) is 0 Å². The van der Waals surface area contributed by atoms with Gasteiger partial charge < -0.3 is 11.1 Å². The summed E-state index contributed by atoms with van der Waals surface area (Å²) in [5.74, 6) is -0.102. The van der Waals surface area contributed by atoms with Gasteiger partial charge in [-0.1, -0.05) is 35.7 Å². The van der Waals surface area contributed by atoms with E-state index in [0.29, 0.717) is 17.8 Å². The van der Waals surface area contributed by atoms with Gasteiger partial charge in [-0.15, -0.1) is 0 Å². The molecule has 0 saturated heterocycles. The van der Waals surface area contributed by atoms with Crippen molar-refractivity contribution in [2.24, 2.45) is 0 Å². The van der Waals surface area contributed by atoms with Crippen LogP contribution < -0.4 is 11.1 Å². The lowest BCUT2D eigenvalue weighted by atomic mass is 10.1. The number of amides is 1. The lowest BCUT2D eigenvalue weighted by Gasteiger charge is -2.07. The van der Waals surface area contributed by atoms with Gasteiger partial charge in [0.15, 0.2) is 0 Å². The molecule has 0 saturated carbocycles. The number of nitrogen functional groups attached to an aromatic ring is 1. The number of rotatable bonds is 5. The van der Waals surface area contributed by atoms with Crippen molar-refractivity contribution < 1.29 is 4.79 Å². The van der Waals surface area contributed by atoms with E-state index in [0.717, 1.165) is 23.7 Å². The molecule has 0 aliphatic rings. The Bertz CT molecular complexity index is 366. The van der Waals surface area contributed by atoms with Gasteiger partial charge in [0.25, 0.3) is 5.91 Å². The van der Waals surface area contributed by atoms with Gasteiger partial charge in [-0.2, -0.15) is 0 Å². The molecule has 0 fully saturated rings. The summed E-state index contributed by atoms with van der Waals surface area (Å²) in [6.07, 6.45) is 3.29. The van der Waals surface area contributed by atoms with Crippen LogP contribution in [0, 0.1) is 0 Å². The van der Waals surface area contributed by atoms with Gasteiger partial charge in [0.2, 0.25) is 0 Å². The van der Waals surface area contributed by atoms with E-state index in [9.17, 15) is 4.79 Å². The van der Waals surface area contributed by atoms with E-state index in [4.69, 9.17) is 5.73 Å². The molecule has 3 nitrogen and oxygen atoms in total. The normalized spacial score (nSPS) is 10.1. The van der Waals surface area contributed by atoms with E-state index in [-0.39, 0.29) is 5.91 Å². The standard InChI is InChI=1S/C12H17BrN2O/c1-2-3-4-7-15-12(16)10-8-9(13)5-6-11(10)14/h5-6,8H,2-4,7,14H2,1H3,(H,15,16). The fraction of sp³-hybridized carbons (Fsp3) is 0.417. The number of hydrogen-bond donors (Lipinski definition) is 2. The summed E-state index contributed by atoms with van der Waals surface area (Å²) in [5, 5.41) is 2.86. The predicted molar refractivity (Wildman–Crippen MR) is 70.4 cm³/mol. The molecule has 4 heteroatoms. The van der Waals surface area contributed by atoms with Gasteiger partial charge in [-0.3, -0.25) is 4.79 Å². The fourth-order valence-corrected chi connectivity index (χ4v) is 1.76. The molecule has 1 rings (SSSR count). The van der Waals surface area contributed by atoms with Gasteiger partial charge in [0, 0.05) is 16.7 Å². The maximum atomic E-state index is 11.8. The smallest absolute Gasteiger partial charge is 0.253 e. The molecular formula is C12H17BrN2O.